The summed E-state index contributed by atoms with van der Waals surface area (Å²) in [5.41, 5.74) is 0.859. The molecule has 0 aromatic heterocycles. The number of carbonyl (C=O) groups excluding carboxylic acids is 2. The normalized spacial score (nSPS) is 23.6. The molecular formula is C17H21Cl2FN2O5S. The lowest BCUT2D eigenvalue weighted by Gasteiger charge is -2.39. The molecule has 156 valence electrons. The predicted octanol–water partition coefficient (Wildman–Crippen LogP) is 3.70. The molecule has 2 amide bonds. The Bertz CT molecular complexity index is 757. The van der Waals surface area contributed by atoms with E-state index in [1.54, 1.807) is 12.1 Å². The van der Waals surface area contributed by atoms with Gasteiger partial charge in [-0.2, -0.15) is 10.6 Å². The van der Waals surface area contributed by atoms with Gasteiger partial charge in [0.2, 0.25) is 0 Å². The quantitative estimate of drug-likeness (QED) is 0.589. The molecule has 0 saturated carbocycles. The molecule has 1 aromatic rings. The number of carbonyl (C=O) groups is 2. The number of nitrogens with zero attached hydrogens (tertiary/aromatic N) is 1. The van der Waals surface area contributed by atoms with E-state index in [9.17, 15) is 23.1 Å². The van der Waals surface area contributed by atoms with Crippen LogP contribution in [0.3, 0.4) is 0 Å². The SMILES string of the molecule is O=C(NCC1CN(c2ccc(C3CCS(O)(O)CC3)c(F)c2)C(=O)O1)C(Cl)Cl. The zero-order valence-electron chi connectivity index (χ0n) is 14.8. The molecule has 2 fully saturated rings. The van der Waals surface area contributed by atoms with Gasteiger partial charge in [-0.05, 0) is 36.5 Å². The van der Waals surface area contributed by atoms with Crippen LogP contribution in [-0.4, -0.2) is 56.6 Å². The molecule has 1 aromatic carbocycles. The molecule has 1 unspecified atom stereocenters. The lowest BCUT2D eigenvalue weighted by Crippen LogP contribution is -2.37. The number of cyclic esters (lactones) is 1. The first-order valence-electron chi connectivity index (χ1n) is 8.73. The number of halogens is 3. The number of alkyl halides is 2. The van der Waals surface area contributed by atoms with E-state index in [0.717, 1.165) is 0 Å². The van der Waals surface area contributed by atoms with Crippen LogP contribution in [0.2, 0.25) is 0 Å². The van der Waals surface area contributed by atoms with Crippen molar-refractivity contribution in [1.82, 2.24) is 5.32 Å². The number of ether oxygens (including phenoxy) is 1. The molecule has 2 aliphatic heterocycles. The summed E-state index contributed by atoms with van der Waals surface area (Å²) < 4.78 is 39.3. The van der Waals surface area contributed by atoms with Crippen molar-refractivity contribution in [2.45, 2.75) is 29.7 Å². The van der Waals surface area contributed by atoms with Crippen LogP contribution in [0.15, 0.2) is 18.2 Å². The molecule has 0 spiro atoms. The average Bonchev–Trinajstić information content (AvgIpc) is 3.00. The molecule has 11 heteroatoms. The summed E-state index contributed by atoms with van der Waals surface area (Å²) in [7, 11) is -2.53. The Labute approximate surface area is 173 Å². The van der Waals surface area contributed by atoms with Crippen LogP contribution in [0.5, 0.6) is 0 Å². The highest BCUT2D eigenvalue weighted by Crippen LogP contribution is 2.48. The number of hydrogen-bond acceptors (Lipinski definition) is 5. The Morgan fingerprint density at radius 2 is 2.04 bits per heavy atom. The Hall–Kier alpha value is -1.26. The molecular weight excluding hydrogens is 434 g/mol. The minimum absolute atomic E-state index is 0.0477. The third-order valence-corrected chi connectivity index (χ3v) is 7.07. The van der Waals surface area contributed by atoms with E-state index >= 15 is 0 Å². The van der Waals surface area contributed by atoms with Gasteiger partial charge in [-0.3, -0.25) is 18.8 Å². The van der Waals surface area contributed by atoms with E-state index in [1.807, 2.05) is 0 Å². The van der Waals surface area contributed by atoms with Crippen LogP contribution >= 0.6 is 33.8 Å². The highest BCUT2D eigenvalue weighted by Gasteiger charge is 2.34. The monoisotopic (exact) mass is 454 g/mol. The second kappa shape index (κ2) is 8.62. The van der Waals surface area contributed by atoms with Gasteiger partial charge in [-0.25, -0.2) is 9.18 Å². The zero-order chi connectivity index (χ0) is 20.5. The first kappa shape index (κ1) is 21.4. The van der Waals surface area contributed by atoms with E-state index < -0.39 is 39.3 Å². The van der Waals surface area contributed by atoms with Gasteiger partial charge in [-0.1, -0.05) is 29.3 Å². The highest BCUT2D eigenvalue weighted by atomic mass is 35.5. The predicted molar refractivity (Wildman–Crippen MR) is 107 cm³/mol. The molecule has 0 aliphatic carbocycles. The maximum Gasteiger partial charge on any atom is 0.414 e. The van der Waals surface area contributed by atoms with Gasteiger partial charge >= 0.3 is 6.09 Å². The molecule has 28 heavy (non-hydrogen) atoms. The van der Waals surface area contributed by atoms with Crippen LogP contribution in [0.25, 0.3) is 0 Å². The molecule has 7 nitrogen and oxygen atoms in total. The largest absolute Gasteiger partial charge is 0.442 e. The smallest absolute Gasteiger partial charge is 0.414 e. The van der Waals surface area contributed by atoms with E-state index in [1.165, 1.54) is 11.0 Å². The summed E-state index contributed by atoms with van der Waals surface area (Å²) in [6.45, 7) is 0.198. The fraction of sp³-hybridized carbons (Fsp3) is 0.529. The number of anilines is 1. The Morgan fingerprint density at radius 1 is 1.36 bits per heavy atom. The second-order valence-corrected chi connectivity index (χ2v) is 10.4. The van der Waals surface area contributed by atoms with Crippen LogP contribution in [-0.2, 0) is 9.53 Å². The molecule has 3 rings (SSSR count). The summed E-state index contributed by atoms with van der Waals surface area (Å²) in [4.78, 5) is 23.6. The molecule has 2 heterocycles. The molecule has 0 bridgehead atoms. The fourth-order valence-electron chi connectivity index (χ4n) is 3.36. The van der Waals surface area contributed by atoms with Crippen molar-refractivity contribution in [3.8, 4) is 0 Å². The van der Waals surface area contributed by atoms with Crippen molar-refractivity contribution in [2.75, 3.05) is 29.5 Å². The molecule has 3 N–H and O–H groups in total. The fourth-order valence-corrected chi connectivity index (χ4v) is 5.05. The van der Waals surface area contributed by atoms with E-state index in [0.29, 0.717) is 24.1 Å². The van der Waals surface area contributed by atoms with Crippen molar-refractivity contribution >= 4 is 51.5 Å². The molecule has 2 saturated heterocycles. The van der Waals surface area contributed by atoms with Gasteiger partial charge in [0, 0.05) is 11.5 Å². The Kier molecular flexibility index (Phi) is 6.61. The maximum absolute atomic E-state index is 14.7. The van der Waals surface area contributed by atoms with E-state index in [-0.39, 0.29) is 30.5 Å². The summed E-state index contributed by atoms with van der Waals surface area (Å²) in [6, 6.07) is 4.54. The summed E-state index contributed by atoms with van der Waals surface area (Å²) >= 11 is 10.9. The van der Waals surface area contributed by atoms with Gasteiger partial charge in [-0.15, -0.1) is 0 Å². The van der Waals surface area contributed by atoms with E-state index in [4.69, 9.17) is 27.9 Å². The van der Waals surface area contributed by atoms with Crippen molar-refractivity contribution in [3.05, 3.63) is 29.6 Å². The number of nitrogens with one attached hydrogen (secondary N) is 1. The van der Waals surface area contributed by atoms with Crippen molar-refractivity contribution in [2.24, 2.45) is 0 Å². The van der Waals surface area contributed by atoms with Gasteiger partial charge in [0.1, 0.15) is 11.9 Å². The first-order chi connectivity index (χ1) is 13.2. The number of rotatable bonds is 5. The van der Waals surface area contributed by atoms with Crippen molar-refractivity contribution in [1.29, 1.82) is 0 Å². The maximum atomic E-state index is 14.7. The molecule has 1 atom stereocenters. The van der Waals surface area contributed by atoms with Crippen LogP contribution < -0.4 is 10.2 Å². The minimum atomic E-state index is -2.53. The molecule has 0 radical (unpaired) electrons. The standard InChI is InChI=1S/C17H21Cl2FN2O5S/c18-15(19)16(23)21-8-12-9-22(17(24)27-12)11-1-2-13(14(20)7-11)10-3-5-28(25,26)6-4-10/h1-2,7,10,12,15,25-26H,3-6,8-9H2,(H,21,23). The summed E-state index contributed by atoms with van der Waals surface area (Å²) in [5.74, 6) is -0.566. The average molecular weight is 455 g/mol. The topological polar surface area (TPSA) is 99.1 Å². The van der Waals surface area contributed by atoms with E-state index in [2.05, 4.69) is 5.32 Å². The molecule has 2 aliphatic rings. The van der Waals surface area contributed by atoms with Crippen LogP contribution in [0, 0.1) is 5.82 Å². The van der Waals surface area contributed by atoms with Gasteiger partial charge < -0.3 is 10.1 Å². The van der Waals surface area contributed by atoms with Gasteiger partial charge in [0.05, 0.1) is 18.8 Å². The first-order valence-corrected chi connectivity index (χ1v) is 11.5. The highest BCUT2D eigenvalue weighted by molar-refractivity contribution is 8.24. The number of hydrogen-bond donors (Lipinski definition) is 3. The summed E-state index contributed by atoms with van der Waals surface area (Å²) in [6.07, 6.45) is -0.219. The Morgan fingerprint density at radius 3 is 2.64 bits per heavy atom. The number of amides is 2. The second-order valence-electron chi connectivity index (χ2n) is 6.85. The van der Waals surface area contributed by atoms with Crippen molar-refractivity contribution in [3.63, 3.8) is 0 Å². The van der Waals surface area contributed by atoms with Crippen molar-refractivity contribution < 1.29 is 27.8 Å². The third-order valence-electron chi connectivity index (χ3n) is 4.90. The lowest BCUT2D eigenvalue weighted by atomic mass is 9.93. The summed E-state index contributed by atoms with van der Waals surface area (Å²) in [5, 5.41) is 2.47. The minimum Gasteiger partial charge on any atom is -0.442 e. The Balaban J connectivity index is 1.63. The third kappa shape index (κ3) is 5.01. The van der Waals surface area contributed by atoms with Crippen LogP contribution in [0.4, 0.5) is 14.9 Å². The van der Waals surface area contributed by atoms with Crippen LogP contribution in [0.1, 0.15) is 24.3 Å². The lowest BCUT2D eigenvalue weighted by molar-refractivity contribution is -0.119. The van der Waals surface area contributed by atoms with Gasteiger partial charge in [0.25, 0.3) is 5.91 Å². The van der Waals surface area contributed by atoms with Gasteiger partial charge in [0.15, 0.2) is 4.84 Å². The zero-order valence-corrected chi connectivity index (χ0v) is 17.1. The number of benzene rings is 1.